The molecule has 60 heavy (non-hydrogen) atoms. The minimum Gasteiger partial charge on any atom is -0.445 e. The highest BCUT2D eigenvalue weighted by molar-refractivity contribution is 5.98. The highest BCUT2D eigenvalue weighted by Gasteiger charge is 2.31. The number of likely N-dealkylation sites (tertiary alicyclic amines) is 1. The second-order valence-electron chi connectivity index (χ2n) is 15.1. The first-order chi connectivity index (χ1) is 28.4. The zero-order valence-electron chi connectivity index (χ0n) is 34.8. The fourth-order valence-corrected chi connectivity index (χ4v) is 5.51. The number of benzene rings is 2. The number of ether oxygens (including phenoxy) is 6. The third-order valence-electron chi connectivity index (χ3n) is 8.62. The van der Waals surface area contributed by atoms with Gasteiger partial charge in [0.05, 0.1) is 37.4 Å². The average Bonchev–Trinajstić information content (AvgIpc) is 3.66. The number of anilines is 1. The summed E-state index contributed by atoms with van der Waals surface area (Å²) in [5.41, 5.74) is 0.331. The van der Waals surface area contributed by atoms with Crippen LogP contribution in [0.5, 0.6) is 5.75 Å². The summed E-state index contributed by atoms with van der Waals surface area (Å²) in [6.07, 6.45) is -0.887. The molecule has 1 aliphatic rings. The summed E-state index contributed by atoms with van der Waals surface area (Å²) in [5, 5.41) is 21.5. The number of alkyl carbamates (subject to hydrolysis) is 1. The van der Waals surface area contributed by atoms with E-state index in [1.54, 1.807) is 58.9 Å². The topological polar surface area (TPSA) is 252 Å². The van der Waals surface area contributed by atoms with E-state index in [4.69, 9.17) is 28.4 Å². The van der Waals surface area contributed by atoms with Gasteiger partial charge in [-0.25, -0.2) is 14.4 Å². The summed E-state index contributed by atoms with van der Waals surface area (Å²) in [4.78, 5) is 86.9. The molecule has 0 bridgehead atoms. The Kier molecular flexibility index (Phi) is 19.5. The Morgan fingerprint density at radius 1 is 0.867 bits per heavy atom. The molecule has 4 N–H and O–H groups in total. The predicted molar refractivity (Wildman–Crippen MR) is 215 cm³/mol. The number of nitrogens with zero attached hydrogens (tertiary/aromatic N) is 2. The lowest BCUT2D eigenvalue weighted by molar-refractivity contribution is -0.384. The van der Waals surface area contributed by atoms with Gasteiger partial charge in [-0.3, -0.25) is 24.5 Å². The van der Waals surface area contributed by atoms with Gasteiger partial charge in [-0.15, -0.1) is 0 Å². The molecule has 3 rings (SSSR count). The van der Waals surface area contributed by atoms with E-state index in [2.05, 4.69) is 21.3 Å². The molecule has 20 heteroatoms. The van der Waals surface area contributed by atoms with Crippen LogP contribution in [0.2, 0.25) is 0 Å². The second kappa shape index (κ2) is 24.2. The molecular weight excluding hydrogens is 788 g/mol. The number of carbonyl (C=O) groups is 6. The molecule has 3 atom stereocenters. The van der Waals surface area contributed by atoms with Gasteiger partial charge in [-0.2, -0.15) is 0 Å². The van der Waals surface area contributed by atoms with Crippen molar-refractivity contribution in [1.29, 1.82) is 0 Å². The van der Waals surface area contributed by atoms with Crippen LogP contribution in [0, 0.1) is 16.0 Å². The van der Waals surface area contributed by atoms with Gasteiger partial charge in [-0.1, -0.05) is 26.0 Å². The first kappa shape index (κ1) is 48.3. The van der Waals surface area contributed by atoms with Gasteiger partial charge >= 0.3 is 18.3 Å². The first-order valence-electron chi connectivity index (χ1n) is 19.6. The van der Waals surface area contributed by atoms with E-state index in [1.165, 1.54) is 36.1 Å². The van der Waals surface area contributed by atoms with E-state index in [-0.39, 0.29) is 70.0 Å². The SMILES string of the molecule is CC(C)[C@H](NC(=O)CCOCCOCCNC(=O)OC(C)(C)C)C(=O)N[C@@H](C)C(=O)Nc1ccc(COC(=O)N2CCC[C@H]2COC(=O)Oc2ccc([N+](=O)[O-])cc2)cc1. The molecule has 1 heterocycles. The standard InChI is InChI=1S/C40H56N6O14/c1-26(2)34(44-33(47)17-20-55-22-23-56-21-18-41-37(50)60-40(4,5)6)36(49)42-27(3)35(48)43-29-11-9-28(10-12-29)24-57-38(51)45-19-7-8-31(45)25-58-39(52)59-32-15-13-30(14-16-32)46(53)54/h9-16,26-27,31,34H,7-8,17-25H2,1-6H3,(H,41,50)(H,42,49)(H,43,48)(H,44,47)/t27-,31-,34-/m0/s1. The number of hydrogen-bond donors (Lipinski definition) is 4. The number of non-ortho nitro benzene ring substituents is 1. The van der Waals surface area contributed by atoms with Crippen LogP contribution >= 0.6 is 0 Å². The molecule has 1 aliphatic heterocycles. The number of nitro groups is 1. The van der Waals surface area contributed by atoms with Crippen LogP contribution in [0.1, 0.15) is 66.4 Å². The Hall–Kier alpha value is -6.02. The highest BCUT2D eigenvalue weighted by Crippen LogP contribution is 2.21. The molecule has 0 unspecified atom stereocenters. The molecule has 1 fully saturated rings. The van der Waals surface area contributed by atoms with Crippen molar-refractivity contribution in [3.8, 4) is 5.75 Å². The highest BCUT2D eigenvalue weighted by atomic mass is 16.7. The molecule has 2 aromatic rings. The molecule has 0 radical (unpaired) electrons. The molecular formula is C40H56N6O14. The summed E-state index contributed by atoms with van der Waals surface area (Å²) >= 11 is 0. The number of carbonyl (C=O) groups excluding carboxylic acids is 6. The van der Waals surface area contributed by atoms with Gasteiger partial charge in [0.25, 0.3) is 5.69 Å². The maximum absolute atomic E-state index is 13.1. The minimum atomic E-state index is -1.01. The molecule has 0 aliphatic carbocycles. The fourth-order valence-electron chi connectivity index (χ4n) is 5.51. The molecule has 0 spiro atoms. The van der Waals surface area contributed by atoms with Crippen LogP contribution in [0.3, 0.4) is 0 Å². The zero-order chi connectivity index (χ0) is 44.2. The molecule has 1 saturated heterocycles. The summed E-state index contributed by atoms with van der Waals surface area (Å²) < 4.78 is 31.7. The number of hydrogen-bond acceptors (Lipinski definition) is 14. The van der Waals surface area contributed by atoms with E-state index >= 15 is 0 Å². The van der Waals surface area contributed by atoms with Gasteiger partial charge in [0.15, 0.2) is 0 Å². The van der Waals surface area contributed by atoms with E-state index in [0.29, 0.717) is 30.6 Å². The number of nitrogens with one attached hydrogen (secondary N) is 4. The lowest BCUT2D eigenvalue weighted by atomic mass is 10.0. The fraction of sp³-hybridized carbons (Fsp3) is 0.550. The van der Waals surface area contributed by atoms with E-state index < -0.39 is 64.7 Å². The third kappa shape index (κ3) is 17.9. The molecule has 0 saturated carbocycles. The second-order valence-corrected chi connectivity index (χ2v) is 15.1. The quantitative estimate of drug-likeness (QED) is 0.0339. The smallest absolute Gasteiger partial charge is 0.445 e. The summed E-state index contributed by atoms with van der Waals surface area (Å²) in [6, 6.07) is 9.23. The van der Waals surface area contributed by atoms with Crippen molar-refractivity contribution in [2.75, 3.05) is 51.4 Å². The van der Waals surface area contributed by atoms with Gasteiger partial charge in [0.1, 0.15) is 36.6 Å². The third-order valence-corrected chi connectivity index (χ3v) is 8.62. The Morgan fingerprint density at radius 3 is 2.17 bits per heavy atom. The molecule has 2 aromatic carbocycles. The van der Waals surface area contributed by atoms with Gasteiger partial charge in [-0.05, 0) is 76.3 Å². The van der Waals surface area contributed by atoms with Crippen molar-refractivity contribution < 1.29 is 62.1 Å². The van der Waals surface area contributed by atoms with Crippen molar-refractivity contribution in [2.45, 2.75) is 91.1 Å². The molecule has 20 nitrogen and oxygen atoms in total. The maximum Gasteiger partial charge on any atom is 0.513 e. The normalized spacial score (nSPS) is 14.7. The Labute approximate surface area is 348 Å². The lowest BCUT2D eigenvalue weighted by Gasteiger charge is -2.24. The zero-order valence-corrected chi connectivity index (χ0v) is 34.8. The Balaban J connectivity index is 1.33. The van der Waals surface area contributed by atoms with E-state index in [0.717, 1.165) is 0 Å². The maximum atomic E-state index is 13.1. The number of amides is 5. The van der Waals surface area contributed by atoms with E-state index in [1.807, 2.05) is 0 Å². The van der Waals surface area contributed by atoms with Crippen molar-refractivity contribution in [2.24, 2.45) is 5.92 Å². The summed E-state index contributed by atoms with van der Waals surface area (Å²) in [5.74, 6) is -1.63. The Bertz CT molecular complexity index is 1750. The molecule has 5 amide bonds. The number of nitro benzene ring substituents is 1. The molecule has 0 aromatic heterocycles. The summed E-state index contributed by atoms with van der Waals surface area (Å²) in [7, 11) is 0. The van der Waals surface area contributed by atoms with Crippen molar-refractivity contribution in [3.63, 3.8) is 0 Å². The van der Waals surface area contributed by atoms with Gasteiger partial charge < -0.3 is 54.6 Å². The van der Waals surface area contributed by atoms with Crippen molar-refractivity contribution >= 4 is 47.4 Å². The largest absolute Gasteiger partial charge is 0.513 e. The van der Waals surface area contributed by atoms with Gasteiger partial charge in [0.2, 0.25) is 17.7 Å². The minimum absolute atomic E-state index is 0.00288. The van der Waals surface area contributed by atoms with Crippen molar-refractivity contribution in [3.05, 3.63) is 64.2 Å². The first-order valence-corrected chi connectivity index (χ1v) is 19.6. The Morgan fingerprint density at radius 2 is 1.53 bits per heavy atom. The summed E-state index contributed by atoms with van der Waals surface area (Å²) in [6.45, 7) is 11.7. The van der Waals surface area contributed by atoms with Crippen LogP contribution in [0.4, 0.5) is 25.8 Å². The van der Waals surface area contributed by atoms with Crippen LogP contribution in [0.15, 0.2) is 48.5 Å². The average molecular weight is 845 g/mol. The van der Waals surface area contributed by atoms with Crippen molar-refractivity contribution in [1.82, 2.24) is 20.9 Å². The van der Waals surface area contributed by atoms with Crippen LogP contribution in [-0.4, -0.2) is 116 Å². The monoisotopic (exact) mass is 844 g/mol. The lowest BCUT2D eigenvalue weighted by Crippen LogP contribution is -2.53. The van der Waals surface area contributed by atoms with Crippen LogP contribution < -0.4 is 26.0 Å². The van der Waals surface area contributed by atoms with Crippen LogP contribution in [-0.2, 0) is 44.7 Å². The van der Waals surface area contributed by atoms with Crippen LogP contribution in [0.25, 0.3) is 0 Å². The molecule has 330 valence electrons. The number of rotatable bonds is 21. The van der Waals surface area contributed by atoms with Gasteiger partial charge in [0, 0.05) is 37.3 Å². The van der Waals surface area contributed by atoms with E-state index in [9.17, 15) is 38.9 Å². The predicted octanol–water partition coefficient (Wildman–Crippen LogP) is 4.44.